The van der Waals surface area contributed by atoms with Crippen molar-refractivity contribution < 1.29 is 63.2 Å². The molecule has 11 heteroatoms. The monoisotopic (exact) mass is 811 g/mol. The van der Waals surface area contributed by atoms with E-state index >= 15 is 0 Å². The summed E-state index contributed by atoms with van der Waals surface area (Å²) in [5.41, 5.74) is 3.54. The van der Waals surface area contributed by atoms with Crippen LogP contribution in [0.2, 0.25) is 0 Å². The zero-order chi connectivity index (χ0) is 31.5. The van der Waals surface area contributed by atoms with Gasteiger partial charge in [-0.1, -0.05) is 125 Å². The zero-order valence-corrected chi connectivity index (χ0v) is 31.9. The molecule has 3 aliphatic carbocycles. The maximum absolute atomic E-state index is 10.9. The van der Waals surface area contributed by atoms with Crippen LogP contribution in [0.1, 0.15) is 135 Å². The molecule has 6 aliphatic rings. The first kappa shape index (κ1) is 42.3. The molecule has 5 fully saturated rings. The topological polar surface area (TPSA) is 135 Å². The molecule has 3 N–H and O–H groups in total. The number of nitrogens with zero attached hydrogens (tertiary/aromatic N) is 5. The molecule has 0 aromatic rings. The maximum Gasteiger partial charge on any atom is 3.00 e. The SMILES string of the molecule is O/N=C(\C1CCCCC1)C1CCCC[N-]1.O/N=C(\C1CCCCC1)C1CCCC[N-]1.O=N/C(=C1/C=CC=CN1)C1CCCCC1.[ClH2+].[Sm+3]. The third kappa shape index (κ3) is 14.1. The van der Waals surface area contributed by atoms with E-state index in [0.29, 0.717) is 23.5 Å². The van der Waals surface area contributed by atoms with Crippen molar-refractivity contribution in [1.29, 1.82) is 0 Å². The van der Waals surface area contributed by atoms with E-state index in [2.05, 4.69) is 31.4 Å². The quantitative estimate of drug-likeness (QED) is 0.107. The van der Waals surface area contributed by atoms with E-state index in [1.54, 1.807) is 0 Å². The van der Waals surface area contributed by atoms with Crippen molar-refractivity contribution >= 4 is 11.4 Å². The molecular weight excluding hydrogens is 750 g/mol. The van der Waals surface area contributed by atoms with Gasteiger partial charge in [0.25, 0.3) is 0 Å². The number of oxime groups is 2. The molecule has 0 bridgehead atoms. The molecule has 6 rings (SSSR count). The summed E-state index contributed by atoms with van der Waals surface area (Å²) in [7, 11) is 0. The Morgan fingerprint density at radius 3 is 1.38 bits per heavy atom. The number of piperidine rings is 2. The van der Waals surface area contributed by atoms with E-state index in [1.807, 2.05) is 24.4 Å². The van der Waals surface area contributed by atoms with Crippen LogP contribution in [0, 0.1) is 75.5 Å². The smallest absolute Gasteiger partial charge is 0.655 e. The second-order valence-electron chi connectivity index (χ2n) is 13.6. The molecule has 3 heterocycles. The summed E-state index contributed by atoms with van der Waals surface area (Å²) >= 11 is 0. The molecule has 0 amide bonds. The van der Waals surface area contributed by atoms with Crippen LogP contribution >= 0.6 is 0 Å². The number of hydrogen-bond donors (Lipinski definition) is 3. The zero-order valence-electron chi connectivity index (χ0n) is 28.4. The van der Waals surface area contributed by atoms with Gasteiger partial charge in [-0.05, 0) is 67.7 Å². The summed E-state index contributed by atoms with van der Waals surface area (Å²) < 4.78 is 0. The molecule has 2 atom stereocenters. The first-order chi connectivity index (χ1) is 22.2. The number of hydrogen-bond acceptors (Lipinski definition) is 7. The van der Waals surface area contributed by atoms with Crippen LogP contribution in [-0.4, -0.2) is 47.0 Å². The number of rotatable bonds is 6. The Morgan fingerprint density at radius 1 is 0.617 bits per heavy atom. The largest absolute Gasteiger partial charge is 3.00 e. The van der Waals surface area contributed by atoms with Gasteiger partial charge >= 0.3 is 40.4 Å². The van der Waals surface area contributed by atoms with E-state index in [1.165, 1.54) is 109 Å². The van der Waals surface area contributed by atoms with Crippen molar-refractivity contribution in [3.05, 3.63) is 51.4 Å². The summed E-state index contributed by atoms with van der Waals surface area (Å²) in [5.74, 6) is 1.38. The van der Waals surface area contributed by atoms with Crippen LogP contribution in [0.5, 0.6) is 0 Å². The van der Waals surface area contributed by atoms with Crippen molar-refractivity contribution in [2.75, 3.05) is 13.1 Å². The fourth-order valence-corrected chi connectivity index (χ4v) is 7.97. The summed E-state index contributed by atoms with van der Waals surface area (Å²) in [5, 5.41) is 40.9. The van der Waals surface area contributed by atoms with Crippen molar-refractivity contribution in [1.82, 2.24) is 5.32 Å². The van der Waals surface area contributed by atoms with Gasteiger partial charge in [0, 0.05) is 23.5 Å². The molecule has 2 saturated heterocycles. The Labute approximate surface area is 322 Å². The second-order valence-corrected chi connectivity index (χ2v) is 13.6. The minimum atomic E-state index is 0. The van der Waals surface area contributed by atoms with Crippen LogP contribution in [0.3, 0.4) is 0 Å². The normalized spacial score (nSPS) is 27.3. The van der Waals surface area contributed by atoms with Crippen LogP contribution < -0.4 is 5.32 Å². The van der Waals surface area contributed by atoms with Gasteiger partial charge in [0.1, 0.15) is 5.70 Å². The summed E-state index contributed by atoms with van der Waals surface area (Å²) in [6.07, 6.45) is 33.2. The van der Waals surface area contributed by atoms with E-state index in [9.17, 15) is 4.91 Å². The molecule has 3 saturated carbocycles. The number of dihydropyridines is 1. The van der Waals surface area contributed by atoms with Crippen molar-refractivity contribution in [2.24, 2.45) is 33.2 Å². The number of nitrogens with one attached hydrogen (secondary N) is 1. The third-order valence-electron chi connectivity index (χ3n) is 10.5. The van der Waals surface area contributed by atoms with E-state index < -0.39 is 0 Å². The average Bonchev–Trinajstić information content (AvgIpc) is 3.13. The molecule has 1 radical (unpaired) electrons. The number of allylic oxidation sites excluding steroid dienone is 4. The van der Waals surface area contributed by atoms with Gasteiger partial charge < -0.3 is 26.4 Å². The van der Waals surface area contributed by atoms with Crippen molar-refractivity contribution in [3.63, 3.8) is 0 Å². The molecular formula is C36H60ClN6O3Sm+2. The Morgan fingerprint density at radius 2 is 1.04 bits per heavy atom. The van der Waals surface area contributed by atoms with Crippen LogP contribution in [-0.2, 0) is 0 Å². The van der Waals surface area contributed by atoms with Crippen LogP contribution in [0.25, 0.3) is 10.6 Å². The number of nitroso groups, excluding NO2 is 1. The van der Waals surface area contributed by atoms with E-state index in [-0.39, 0.29) is 64.9 Å². The second kappa shape index (κ2) is 25.1. The van der Waals surface area contributed by atoms with Crippen molar-refractivity contribution in [2.45, 2.75) is 147 Å². The Balaban J connectivity index is 0.000000240. The van der Waals surface area contributed by atoms with Gasteiger partial charge in [-0.2, -0.15) is 0 Å². The summed E-state index contributed by atoms with van der Waals surface area (Å²) in [6.45, 7) is 1.91. The van der Waals surface area contributed by atoms with Gasteiger partial charge in [-0.15, -0.1) is 18.0 Å². The number of halogens is 1. The van der Waals surface area contributed by atoms with Crippen LogP contribution in [0.4, 0.5) is 0 Å². The average molecular weight is 811 g/mol. The standard InChI is InChI=1S/2C12H21N2O.C12H16N2O.ClH2.Sm/c3*15-14-12(10-6-2-1-3-7-10)11-8-4-5-9-13-11;;/h2*10-11,15H,1-9H2;4-5,8-10,13H,1-3,6-7H2;1H2;/q2*-1;;+1;+3/b2*14-12+;12-11-;;. The summed E-state index contributed by atoms with van der Waals surface area (Å²) in [6, 6.07) is 0.457. The van der Waals surface area contributed by atoms with Gasteiger partial charge in [-0.3, -0.25) is 0 Å². The molecule has 3 aliphatic heterocycles. The Kier molecular flexibility index (Phi) is 22.6. The molecule has 47 heavy (non-hydrogen) atoms. The molecule has 0 aromatic carbocycles. The predicted molar refractivity (Wildman–Crippen MR) is 187 cm³/mol. The maximum atomic E-state index is 10.9. The molecule has 263 valence electrons. The Hall–Kier alpha value is -0.892. The molecule has 9 nitrogen and oxygen atoms in total. The van der Waals surface area contributed by atoms with E-state index in [4.69, 9.17) is 10.4 Å². The minimum absolute atomic E-state index is 0. The minimum Gasteiger partial charge on any atom is -0.655 e. The molecule has 0 spiro atoms. The van der Waals surface area contributed by atoms with Gasteiger partial charge in [0.2, 0.25) is 0 Å². The fraction of sp³-hybridized carbons (Fsp3) is 0.778. The summed E-state index contributed by atoms with van der Waals surface area (Å²) in [4.78, 5) is 10.9. The van der Waals surface area contributed by atoms with E-state index in [0.717, 1.165) is 55.9 Å². The first-order valence-corrected chi connectivity index (χ1v) is 18.2. The predicted octanol–water partition coefficient (Wildman–Crippen LogP) is 9.33. The van der Waals surface area contributed by atoms with Gasteiger partial charge in [0.15, 0.2) is 0 Å². The third-order valence-corrected chi connectivity index (χ3v) is 10.5. The Bertz CT molecular complexity index is 934. The van der Waals surface area contributed by atoms with Gasteiger partial charge in [0.05, 0.1) is 18.1 Å². The van der Waals surface area contributed by atoms with Crippen molar-refractivity contribution in [3.8, 4) is 0 Å². The molecule has 0 aromatic heterocycles. The fourth-order valence-electron chi connectivity index (χ4n) is 7.97. The first-order valence-electron chi connectivity index (χ1n) is 18.2. The molecule has 2 unspecified atom stereocenters. The van der Waals surface area contributed by atoms with Gasteiger partial charge in [-0.25, -0.2) is 0 Å². The van der Waals surface area contributed by atoms with Crippen LogP contribution in [0.15, 0.2) is 51.3 Å².